The fourth-order valence-electron chi connectivity index (χ4n) is 3.56. The molecule has 1 fully saturated rings. The number of rotatable bonds is 2. The summed E-state index contributed by atoms with van der Waals surface area (Å²) in [6.45, 7) is 5.36. The summed E-state index contributed by atoms with van der Waals surface area (Å²) in [4.78, 5) is 0. The van der Waals surface area contributed by atoms with E-state index in [2.05, 4.69) is 10.0 Å². The molecule has 1 aliphatic carbocycles. The first-order chi connectivity index (χ1) is 15.5. The van der Waals surface area contributed by atoms with Gasteiger partial charge in [0.05, 0.1) is 21.6 Å². The number of hydrogen-bond acceptors (Lipinski definition) is 6. The highest BCUT2D eigenvalue weighted by Gasteiger charge is 2.56. The minimum Gasteiger partial charge on any atom is -0.488 e. The summed E-state index contributed by atoms with van der Waals surface area (Å²) in [5, 5.41) is 23.2. The Kier molecular flexibility index (Phi) is 7.42. The van der Waals surface area contributed by atoms with Gasteiger partial charge in [-0.1, -0.05) is 31.5 Å². The Labute approximate surface area is 196 Å². The predicted octanol–water partition coefficient (Wildman–Crippen LogP) is 4.48. The van der Waals surface area contributed by atoms with Crippen LogP contribution in [0.4, 0.5) is 25.8 Å². The molecule has 2 aliphatic rings. The van der Waals surface area contributed by atoms with Gasteiger partial charge < -0.3 is 20.3 Å². The average molecular weight is 505 g/mol. The lowest BCUT2D eigenvalue weighted by Gasteiger charge is -2.28. The van der Waals surface area contributed by atoms with Gasteiger partial charge in [0.25, 0.3) is 0 Å². The van der Waals surface area contributed by atoms with E-state index in [-0.39, 0.29) is 41.4 Å². The van der Waals surface area contributed by atoms with E-state index in [1.54, 1.807) is 25.1 Å². The first-order valence-electron chi connectivity index (χ1n) is 10.6. The smallest absolute Gasteiger partial charge is 0.238 e. The van der Waals surface area contributed by atoms with Gasteiger partial charge in [-0.3, -0.25) is 4.72 Å². The topological polar surface area (TPSA) is 108 Å². The Morgan fingerprint density at radius 2 is 1.85 bits per heavy atom. The van der Waals surface area contributed by atoms with Crippen molar-refractivity contribution in [3.8, 4) is 5.75 Å². The summed E-state index contributed by atoms with van der Waals surface area (Å²) in [6, 6.07) is 5.54. The molecule has 33 heavy (non-hydrogen) atoms. The van der Waals surface area contributed by atoms with Crippen molar-refractivity contribution in [3.05, 3.63) is 46.5 Å². The molecule has 2 atom stereocenters. The van der Waals surface area contributed by atoms with Crippen molar-refractivity contribution in [1.29, 1.82) is 0 Å². The number of aliphatic hydroxyl groups excluding tert-OH is 2. The van der Waals surface area contributed by atoms with Gasteiger partial charge in [-0.25, -0.2) is 17.2 Å². The molecule has 1 heterocycles. The van der Waals surface area contributed by atoms with Crippen molar-refractivity contribution < 1.29 is 32.1 Å². The molecular weight excluding hydrogens is 478 g/mol. The SMILES string of the molecule is CC.Cc1ccc(Nc2c(F)c(F)cc3c2NS(=O)(=O)C2(CC2)CC(O)C(O)CO3)c(Cl)c1. The number of ether oxygens (including phenoxy) is 1. The molecule has 0 radical (unpaired) electrons. The van der Waals surface area contributed by atoms with Crippen LogP contribution in [0, 0.1) is 18.6 Å². The molecule has 4 rings (SSSR count). The number of halogens is 3. The number of benzene rings is 2. The summed E-state index contributed by atoms with van der Waals surface area (Å²) in [7, 11) is -4.14. The van der Waals surface area contributed by atoms with Gasteiger partial charge >= 0.3 is 0 Å². The zero-order valence-electron chi connectivity index (χ0n) is 18.5. The molecule has 2 aromatic rings. The van der Waals surface area contributed by atoms with Gasteiger partial charge in [-0.15, -0.1) is 0 Å². The monoisotopic (exact) mass is 504 g/mol. The molecule has 1 aliphatic heterocycles. The zero-order valence-corrected chi connectivity index (χ0v) is 20.0. The van der Waals surface area contributed by atoms with Crippen LogP contribution in [0.3, 0.4) is 0 Å². The highest BCUT2D eigenvalue weighted by atomic mass is 35.5. The lowest BCUT2D eigenvalue weighted by molar-refractivity contribution is -0.0129. The van der Waals surface area contributed by atoms with Crippen LogP contribution in [0.15, 0.2) is 24.3 Å². The fraction of sp³-hybridized carbons (Fsp3) is 0.455. The van der Waals surface area contributed by atoms with Gasteiger partial charge in [0.2, 0.25) is 10.0 Å². The molecule has 0 amide bonds. The Balaban J connectivity index is 0.00000149. The van der Waals surface area contributed by atoms with Crippen LogP contribution in [-0.4, -0.2) is 42.2 Å². The first kappa shape index (κ1) is 25.5. The highest BCUT2D eigenvalue weighted by Crippen LogP contribution is 2.50. The molecule has 2 aromatic carbocycles. The minimum atomic E-state index is -4.14. The van der Waals surface area contributed by atoms with Gasteiger partial charge in [0, 0.05) is 6.07 Å². The Morgan fingerprint density at radius 1 is 1.18 bits per heavy atom. The number of hydrogen-bond donors (Lipinski definition) is 4. The average Bonchev–Trinajstić information content (AvgIpc) is 3.55. The van der Waals surface area contributed by atoms with E-state index in [0.29, 0.717) is 6.07 Å². The van der Waals surface area contributed by atoms with Crippen molar-refractivity contribution in [2.45, 2.75) is 57.0 Å². The fourth-order valence-corrected chi connectivity index (χ4v) is 5.56. The second-order valence-electron chi connectivity index (χ2n) is 7.97. The number of sulfonamides is 1. The lowest BCUT2D eigenvalue weighted by Crippen LogP contribution is -2.41. The first-order valence-corrected chi connectivity index (χ1v) is 12.5. The third kappa shape index (κ3) is 5.03. The molecule has 7 nitrogen and oxygen atoms in total. The molecule has 0 aromatic heterocycles. The van der Waals surface area contributed by atoms with E-state index in [1.165, 1.54) is 0 Å². The maximum Gasteiger partial charge on any atom is 0.238 e. The molecule has 1 saturated carbocycles. The summed E-state index contributed by atoms with van der Waals surface area (Å²) in [5.41, 5.74) is 0.221. The molecule has 11 heteroatoms. The van der Waals surface area contributed by atoms with E-state index in [1.807, 2.05) is 13.8 Å². The van der Waals surface area contributed by atoms with Gasteiger partial charge in [0.1, 0.15) is 29.8 Å². The normalized spacial score (nSPS) is 22.7. The highest BCUT2D eigenvalue weighted by molar-refractivity contribution is 7.94. The standard InChI is InChI=1S/C20H21ClF2N2O5S.C2H6/c1-10-2-3-13(11(21)6-10)24-19-17(23)12(22)7-16-18(19)25-31(28,29)20(4-5-20)8-14(26)15(27)9-30-16;1-2/h2-3,6-7,14-15,24-27H,4-5,8-9H2,1H3;1-2H3. The van der Waals surface area contributed by atoms with Crippen LogP contribution >= 0.6 is 11.6 Å². The molecular formula is C22H27ClF2N2O5S. The van der Waals surface area contributed by atoms with E-state index in [9.17, 15) is 27.4 Å². The second kappa shape index (κ2) is 9.61. The number of nitrogens with one attached hydrogen (secondary N) is 2. The predicted molar refractivity (Wildman–Crippen MR) is 124 cm³/mol. The minimum absolute atomic E-state index is 0.210. The van der Waals surface area contributed by atoms with E-state index in [0.717, 1.165) is 5.56 Å². The van der Waals surface area contributed by atoms with E-state index < -0.39 is 50.9 Å². The maximum atomic E-state index is 14.8. The van der Waals surface area contributed by atoms with Crippen LogP contribution < -0.4 is 14.8 Å². The van der Waals surface area contributed by atoms with Crippen LogP contribution in [0.25, 0.3) is 0 Å². The van der Waals surface area contributed by atoms with Crippen molar-refractivity contribution >= 4 is 38.7 Å². The van der Waals surface area contributed by atoms with Crippen molar-refractivity contribution in [2.75, 3.05) is 16.6 Å². The van der Waals surface area contributed by atoms with Gasteiger partial charge in [-0.05, 0) is 43.9 Å². The van der Waals surface area contributed by atoms with Crippen molar-refractivity contribution in [2.24, 2.45) is 0 Å². The van der Waals surface area contributed by atoms with E-state index in [4.69, 9.17) is 16.3 Å². The third-order valence-corrected chi connectivity index (χ3v) is 8.12. The quantitative estimate of drug-likeness (QED) is 0.480. The van der Waals surface area contributed by atoms with Crippen LogP contribution in [-0.2, 0) is 10.0 Å². The summed E-state index contributed by atoms with van der Waals surface area (Å²) >= 11 is 6.20. The summed E-state index contributed by atoms with van der Waals surface area (Å²) in [6.07, 6.45) is -2.44. The van der Waals surface area contributed by atoms with Crippen molar-refractivity contribution in [1.82, 2.24) is 0 Å². The Bertz CT molecular complexity index is 1140. The second-order valence-corrected chi connectivity index (χ2v) is 10.5. The largest absolute Gasteiger partial charge is 0.488 e. The number of aryl methyl sites for hydroxylation is 1. The number of anilines is 3. The van der Waals surface area contributed by atoms with E-state index >= 15 is 0 Å². The molecule has 1 spiro atoms. The Hall–Kier alpha value is -2.14. The zero-order chi connectivity index (χ0) is 24.6. The molecule has 0 bridgehead atoms. The Morgan fingerprint density at radius 3 is 2.45 bits per heavy atom. The molecule has 2 unspecified atom stereocenters. The van der Waals surface area contributed by atoms with Gasteiger partial charge in [0.15, 0.2) is 11.6 Å². The molecule has 182 valence electrons. The van der Waals surface area contributed by atoms with Crippen LogP contribution in [0.5, 0.6) is 5.75 Å². The molecule has 0 saturated heterocycles. The third-order valence-electron chi connectivity index (χ3n) is 5.62. The summed E-state index contributed by atoms with van der Waals surface area (Å²) in [5.74, 6) is -2.96. The van der Waals surface area contributed by atoms with Crippen molar-refractivity contribution in [3.63, 3.8) is 0 Å². The van der Waals surface area contributed by atoms with Gasteiger partial charge in [-0.2, -0.15) is 0 Å². The van der Waals surface area contributed by atoms with Crippen LogP contribution in [0.1, 0.15) is 38.7 Å². The molecule has 4 N–H and O–H groups in total. The summed E-state index contributed by atoms with van der Waals surface area (Å²) < 4.78 is 61.8. The number of fused-ring (bicyclic) bond motifs is 1. The lowest BCUT2D eigenvalue weighted by atomic mass is 10.1. The maximum absolute atomic E-state index is 14.8. The van der Waals surface area contributed by atoms with Crippen LogP contribution in [0.2, 0.25) is 5.02 Å². The number of aliphatic hydroxyl groups is 2.